The van der Waals surface area contributed by atoms with E-state index in [1.807, 2.05) is 0 Å². The van der Waals surface area contributed by atoms with E-state index in [1.54, 1.807) is 0 Å². The first kappa shape index (κ1) is 12.9. The van der Waals surface area contributed by atoms with Crippen molar-refractivity contribution in [2.75, 3.05) is 0 Å². The highest BCUT2D eigenvalue weighted by Crippen LogP contribution is 2.42. The third kappa shape index (κ3) is 2.71. The minimum atomic E-state index is -4.78. The number of alkyl halides is 4. The predicted octanol–water partition coefficient (Wildman–Crippen LogP) is 2.60. The van der Waals surface area contributed by atoms with Gasteiger partial charge in [-0.1, -0.05) is 6.58 Å². The third-order valence-corrected chi connectivity index (χ3v) is 1.68. The molecule has 0 amide bonds. The molecule has 0 aliphatic heterocycles. The Bertz CT molecular complexity index is 232. The molecule has 82 valence electrons. The lowest BCUT2D eigenvalue weighted by Gasteiger charge is -2.29. The Hall–Kier alpha value is -1.07. The number of hydrogen-bond acceptors (Lipinski definition) is 2. The van der Waals surface area contributed by atoms with E-state index in [0.717, 1.165) is 0 Å². The molecule has 0 aromatic carbocycles. The van der Waals surface area contributed by atoms with Crippen LogP contribution in [-0.4, -0.2) is 18.5 Å². The topological polar surface area (TPSA) is 26.3 Å². The molecule has 0 spiro atoms. The van der Waals surface area contributed by atoms with Gasteiger partial charge in [-0.15, -0.1) is 0 Å². The van der Waals surface area contributed by atoms with Gasteiger partial charge in [-0.2, -0.15) is 13.2 Å². The number of halogens is 4. The average Bonchev–Trinajstić information content (AvgIpc) is 2.01. The lowest BCUT2D eigenvalue weighted by molar-refractivity contribution is -0.267. The van der Waals surface area contributed by atoms with Crippen molar-refractivity contribution in [1.82, 2.24) is 0 Å². The van der Waals surface area contributed by atoms with E-state index in [-0.39, 0.29) is 0 Å². The summed E-state index contributed by atoms with van der Waals surface area (Å²) in [5.41, 5.74) is -2.73. The van der Waals surface area contributed by atoms with E-state index < -0.39 is 23.9 Å². The van der Waals surface area contributed by atoms with Crippen molar-refractivity contribution in [1.29, 1.82) is 0 Å². The molecule has 0 rings (SSSR count). The number of hydrogen-bond donors (Lipinski definition) is 0. The quantitative estimate of drug-likeness (QED) is 0.410. The number of carbonyl (C=O) groups is 1. The van der Waals surface area contributed by atoms with Crippen molar-refractivity contribution in [3.05, 3.63) is 12.7 Å². The van der Waals surface area contributed by atoms with Crippen molar-refractivity contribution in [2.24, 2.45) is 5.41 Å². The lowest BCUT2D eigenvalue weighted by Crippen LogP contribution is -2.42. The summed E-state index contributed by atoms with van der Waals surface area (Å²) in [6.45, 7) is 4.15. The first-order valence-corrected chi connectivity index (χ1v) is 3.66. The molecular weight excluding hydrogens is 204 g/mol. The monoisotopic (exact) mass is 214 g/mol. The van der Waals surface area contributed by atoms with Gasteiger partial charge < -0.3 is 4.74 Å². The maximum atomic E-state index is 12.9. The van der Waals surface area contributed by atoms with Crippen LogP contribution in [0.3, 0.4) is 0 Å². The Morgan fingerprint density at radius 2 is 1.86 bits per heavy atom. The average molecular weight is 214 g/mol. The van der Waals surface area contributed by atoms with Crippen LogP contribution < -0.4 is 0 Å². The van der Waals surface area contributed by atoms with Gasteiger partial charge >= 0.3 is 12.1 Å². The van der Waals surface area contributed by atoms with Crippen molar-refractivity contribution >= 4 is 5.97 Å². The second kappa shape index (κ2) is 3.98. The molecule has 0 aromatic rings. The minimum absolute atomic E-state index is 0.596. The first-order chi connectivity index (χ1) is 6.13. The van der Waals surface area contributed by atoms with Gasteiger partial charge in [-0.05, 0) is 13.8 Å². The summed E-state index contributed by atoms with van der Waals surface area (Å²) < 4.78 is 53.3. The van der Waals surface area contributed by atoms with Crippen LogP contribution >= 0.6 is 0 Å². The molecule has 0 N–H and O–H groups in total. The Morgan fingerprint density at radius 3 is 2.14 bits per heavy atom. The van der Waals surface area contributed by atoms with Gasteiger partial charge in [0.1, 0.15) is 5.41 Å². The van der Waals surface area contributed by atoms with Crippen LogP contribution in [0.2, 0.25) is 0 Å². The molecule has 0 aliphatic rings. The van der Waals surface area contributed by atoms with Gasteiger partial charge in [-0.3, -0.25) is 0 Å². The highest BCUT2D eigenvalue weighted by molar-refractivity contribution is 5.81. The van der Waals surface area contributed by atoms with Gasteiger partial charge in [-0.25, -0.2) is 9.18 Å². The second-order valence-electron chi connectivity index (χ2n) is 3.18. The van der Waals surface area contributed by atoms with Crippen LogP contribution in [0, 0.1) is 5.41 Å². The minimum Gasteiger partial charge on any atom is -0.427 e. The summed E-state index contributed by atoms with van der Waals surface area (Å²) in [6, 6.07) is 0. The van der Waals surface area contributed by atoms with Crippen LogP contribution in [0.25, 0.3) is 0 Å². The number of carbonyl (C=O) groups excluding carboxylic acids is 1. The Balaban J connectivity index is 4.59. The first-order valence-electron chi connectivity index (χ1n) is 3.66. The van der Waals surface area contributed by atoms with Gasteiger partial charge in [0, 0.05) is 6.08 Å². The van der Waals surface area contributed by atoms with Crippen molar-refractivity contribution in [2.45, 2.75) is 26.4 Å². The van der Waals surface area contributed by atoms with Gasteiger partial charge in [0.2, 0.25) is 0 Å². The van der Waals surface area contributed by atoms with E-state index in [0.29, 0.717) is 19.9 Å². The fourth-order valence-electron chi connectivity index (χ4n) is 0.426. The maximum Gasteiger partial charge on any atom is 0.400 e. The fraction of sp³-hybridized carbons (Fsp3) is 0.625. The van der Waals surface area contributed by atoms with Gasteiger partial charge in [0.15, 0.2) is 0 Å². The molecule has 1 unspecified atom stereocenters. The summed E-state index contributed by atoms with van der Waals surface area (Å²) >= 11 is 0. The smallest absolute Gasteiger partial charge is 0.400 e. The standard InChI is InChI=1S/C8H10F4O2/c1-4-5(13)14-6(9)7(2,3)8(10,11)12/h4,6H,1H2,2-3H3. The van der Waals surface area contributed by atoms with Crippen LogP contribution in [0.15, 0.2) is 12.7 Å². The molecule has 0 saturated heterocycles. The molecule has 0 fully saturated rings. The van der Waals surface area contributed by atoms with E-state index in [4.69, 9.17) is 0 Å². The highest BCUT2D eigenvalue weighted by atomic mass is 19.4. The maximum absolute atomic E-state index is 12.9. The van der Waals surface area contributed by atoms with E-state index in [9.17, 15) is 22.4 Å². The molecule has 0 saturated carbocycles. The van der Waals surface area contributed by atoms with Crippen LogP contribution in [0.1, 0.15) is 13.8 Å². The number of esters is 1. The van der Waals surface area contributed by atoms with Crippen molar-refractivity contribution < 1.29 is 27.1 Å². The zero-order valence-electron chi connectivity index (χ0n) is 7.69. The zero-order chi connectivity index (χ0) is 11.6. The van der Waals surface area contributed by atoms with Gasteiger partial charge in [0.25, 0.3) is 6.36 Å². The Morgan fingerprint density at radius 1 is 1.43 bits per heavy atom. The largest absolute Gasteiger partial charge is 0.427 e. The molecule has 2 nitrogen and oxygen atoms in total. The Kier molecular flexibility index (Phi) is 3.67. The van der Waals surface area contributed by atoms with E-state index in [2.05, 4.69) is 11.3 Å². The van der Waals surface area contributed by atoms with E-state index in [1.165, 1.54) is 0 Å². The zero-order valence-corrected chi connectivity index (χ0v) is 7.69. The normalized spacial score (nSPS) is 14.7. The molecule has 0 aliphatic carbocycles. The van der Waals surface area contributed by atoms with Gasteiger partial charge in [0.05, 0.1) is 0 Å². The molecule has 1 atom stereocenters. The molecule has 0 aromatic heterocycles. The molecule has 6 heteroatoms. The van der Waals surface area contributed by atoms with Crippen LogP contribution in [0.4, 0.5) is 17.6 Å². The Labute approximate surface area is 78.5 Å². The summed E-state index contributed by atoms with van der Waals surface area (Å²) in [4.78, 5) is 10.4. The number of ether oxygens (including phenoxy) is 1. The lowest BCUT2D eigenvalue weighted by atomic mass is 9.93. The van der Waals surface area contributed by atoms with Crippen LogP contribution in [-0.2, 0) is 9.53 Å². The summed E-state index contributed by atoms with van der Waals surface area (Å²) in [7, 11) is 0. The summed E-state index contributed by atoms with van der Waals surface area (Å²) in [6.07, 6.45) is -6.93. The van der Waals surface area contributed by atoms with Crippen LogP contribution in [0.5, 0.6) is 0 Å². The molecule has 14 heavy (non-hydrogen) atoms. The summed E-state index contributed by atoms with van der Waals surface area (Å²) in [5, 5.41) is 0. The molecule has 0 radical (unpaired) electrons. The second-order valence-corrected chi connectivity index (χ2v) is 3.18. The SMILES string of the molecule is C=CC(=O)OC(F)C(C)(C)C(F)(F)F. The predicted molar refractivity (Wildman–Crippen MR) is 41.0 cm³/mol. The van der Waals surface area contributed by atoms with Crippen molar-refractivity contribution in [3.8, 4) is 0 Å². The highest BCUT2D eigenvalue weighted by Gasteiger charge is 2.54. The molecule has 0 heterocycles. The molecular formula is C8H10F4O2. The fourth-order valence-corrected chi connectivity index (χ4v) is 0.426. The summed E-state index contributed by atoms with van der Waals surface area (Å²) in [5.74, 6) is -1.23. The molecule has 0 bridgehead atoms. The third-order valence-electron chi connectivity index (χ3n) is 1.68. The van der Waals surface area contributed by atoms with E-state index >= 15 is 0 Å². The number of rotatable bonds is 3. The van der Waals surface area contributed by atoms with Crippen molar-refractivity contribution in [3.63, 3.8) is 0 Å².